The van der Waals surface area contributed by atoms with E-state index in [2.05, 4.69) is 19.6 Å². The Kier molecular flexibility index (Phi) is 3.31. The molecule has 134 valence electrons. The minimum absolute atomic E-state index is 0.0875. The smallest absolute Gasteiger partial charge is 0.277 e. The molecule has 2 aromatic rings. The van der Waals surface area contributed by atoms with Crippen LogP contribution in [0.5, 0.6) is 0 Å². The number of aliphatic hydroxyl groups is 1. The molecule has 1 aromatic carbocycles. The minimum atomic E-state index is -3.45. The largest absolute Gasteiger partial charge is 0.385 e. The average molecular weight is 383 g/mol. The monoisotopic (exact) mass is 382 g/mol. The number of nitrogens with zero attached hydrogens (tertiary/aromatic N) is 1. The normalized spacial score (nSPS) is 34.4. The van der Waals surface area contributed by atoms with E-state index in [4.69, 9.17) is 11.6 Å². The van der Waals surface area contributed by atoms with Gasteiger partial charge in [-0.15, -0.1) is 0 Å². The average Bonchev–Trinajstić information content (AvgIpc) is 3.32. The minimum Gasteiger partial charge on any atom is -0.385 e. The van der Waals surface area contributed by atoms with Gasteiger partial charge < -0.3 is 5.11 Å². The van der Waals surface area contributed by atoms with Crippen molar-refractivity contribution in [2.24, 2.45) is 11.8 Å². The van der Waals surface area contributed by atoms with Gasteiger partial charge in [0.25, 0.3) is 10.2 Å². The maximum Gasteiger partial charge on any atom is 0.277 e. The van der Waals surface area contributed by atoms with Crippen molar-refractivity contribution in [2.75, 3.05) is 0 Å². The van der Waals surface area contributed by atoms with E-state index in [0.29, 0.717) is 17.9 Å². The molecule has 0 amide bonds. The second-order valence-corrected chi connectivity index (χ2v) is 9.51. The van der Waals surface area contributed by atoms with Gasteiger partial charge in [-0.25, -0.2) is 0 Å². The van der Waals surface area contributed by atoms with E-state index < -0.39 is 15.8 Å². The summed E-state index contributed by atoms with van der Waals surface area (Å²) in [6.45, 7) is 0. The predicted molar refractivity (Wildman–Crippen MR) is 93.2 cm³/mol. The van der Waals surface area contributed by atoms with Gasteiger partial charge in [0.1, 0.15) is 0 Å². The van der Waals surface area contributed by atoms with E-state index in [1.54, 1.807) is 18.3 Å². The molecule has 0 spiro atoms. The lowest BCUT2D eigenvalue weighted by Gasteiger charge is -2.27. The van der Waals surface area contributed by atoms with Crippen LogP contribution in [0.3, 0.4) is 0 Å². The standard InChI is InChI=1S/C16H19ClN4O3S/c17-8-3-13(12-7-18-19-14(12)4-8)16(22)5-10-11(6-16)15(10)21-25(23,24)20-9-1-2-9/h3-4,7,9-11,15,20-22H,1-2,5-6H2,(H,18,19)/t10-,11+,15?,16?. The van der Waals surface area contributed by atoms with Crippen molar-refractivity contribution >= 4 is 32.7 Å². The van der Waals surface area contributed by atoms with Crippen LogP contribution in [0, 0.1) is 11.8 Å². The highest BCUT2D eigenvalue weighted by molar-refractivity contribution is 7.87. The Hall–Kier alpha value is -1.19. The van der Waals surface area contributed by atoms with Crippen molar-refractivity contribution in [3.8, 4) is 0 Å². The van der Waals surface area contributed by atoms with Crippen LogP contribution in [-0.2, 0) is 15.8 Å². The summed E-state index contributed by atoms with van der Waals surface area (Å²) in [5, 5.41) is 19.5. The first kappa shape index (κ1) is 16.0. The summed E-state index contributed by atoms with van der Waals surface area (Å²) < 4.78 is 29.5. The van der Waals surface area contributed by atoms with E-state index in [1.165, 1.54) is 0 Å². The van der Waals surface area contributed by atoms with Crippen LogP contribution in [0.15, 0.2) is 18.3 Å². The maximum absolute atomic E-state index is 12.1. The zero-order valence-corrected chi connectivity index (χ0v) is 14.9. The molecule has 1 heterocycles. The SMILES string of the molecule is O=S(=O)(NC1CC1)NC1[C@H]2CC(O)(c3cc(Cl)cc4[nH]ncc34)C[C@@H]12. The summed E-state index contributed by atoms with van der Waals surface area (Å²) >= 11 is 6.18. The first-order chi connectivity index (χ1) is 11.8. The molecular formula is C16H19ClN4O3S. The Labute approximate surface area is 150 Å². The first-order valence-corrected chi connectivity index (χ1v) is 10.4. The van der Waals surface area contributed by atoms with Gasteiger partial charge >= 0.3 is 0 Å². The Morgan fingerprint density at radius 3 is 2.64 bits per heavy atom. The highest BCUT2D eigenvalue weighted by atomic mass is 35.5. The summed E-state index contributed by atoms with van der Waals surface area (Å²) in [6, 6.07) is 3.58. The van der Waals surface area contributed by atoms with E-state index in [9.17, 15) is 13.5 Å². The number of aromatic nitrogens is 2. The maximum atomic E-state index is 12.1. The highest BCUT2D eigenvalue weighted by Gasteiger charge is 2.63. The van der Waals surface area contributed by atoms with Gasteiger partial charge in [-0.2, -0.15) is 23.0 Å². The lowest BCUT2D eigenvalue weighted by molar-refractivity contribution is 0.0303. The molecule has 5 rings (SSSR count). The molecule has 1 aromatic heterocycles. The third kappa shape index (κ3) is 2.76. The molecule has 2 unspecified atom stereocenters. The van der Waals surface area contributed by atoms with Crippen molar-refractivity contribution in [2.45, 2.75) is 43.4 Å². The number of benzene rings is 1. The molecule has 3 saturated carbocycles. The highest BCUT2D eigenvalue weighted by Crippen LogP contribution is 2.60. The number of aromatic amines is 1. The number of H-pyrrole nitrogens is 1. The Bertz CT molecular complexity index is 943. The van der Waals surface area contributed by atoms with Crippen LogP contribution in [0.4, 0.5) is 0 Å². The second kappa shape index (κ2) is 5.17. The topological polar surface area (TPSA) is 107 Å². The van der Waals surface area contributed by atoms with Gasteiger partial charge in [0, 0.05) is 22.5 Å². The zero-order valence-electron chi connectivity index (χ0n) is 13.4. The third-order valence-corrected chi connectivity index (χ3v) is 7.14. The molecule has 9 heteroatoms. The lowest BCUT2D eigenvalue weighted by Crippen LogP contribution is -2.41. The van der Waals surface area contributed by atoms with Gasteiger partial charge in [0.15, 0.2) is 0 Å². The van der Waals surface area contributed by atoms with Crippen LogP contribution in [0.1, 0.15) is 31.2 Å². The van der Waals surface area contributed by atoms with Crippen molar-refractivity contribution in [3.05, 3.63) is 28.9 Å². The fourth-order valence-corrected chi connectivity index (χ4v) is 5.96. The fourth-order valence-electron chi connectivity index (χ4n) is 4.29. The molecule has 3 aliphatic carbocycles. The number of nitrogens with one attached hydrogen (secondary N) is 3. The Balaban J connectivity index is 1.34. The number of rotatable bonds is 5. The summed E-state index contributed by atoms with van der Waals surface area (Å²) in [6.07, 6.45) is 4.56. The van der Waals surface area contributed by atoms with Gasteiger partial charge in [-0.05, 0) is 55.2 Å². The van der Waals surface area contributed by atoms with Gasteiger partial charge in [0.05, 0.1) is 17.3 Å². The van der Waals surface area contributed by atoms with Crippen molar-refractivity contribution in [1.82, 2.24) is 19.6 Å². The van der Waals surface area contributed by atoms with Crippen molar-refractivity contribution in [1.29, 1.82) is 0 Å². The quantitative estimate of drug-likeness (QED) is 0.627. The van der Waals surface area contributed by atoms with Crippen molar-refractivity contribution < 1.29 is 13.5 Å². The predicted octanol–water partition coefficient (Wildman–Crippen LogP) is 1.40. The number of hydrogen-bond donors (Lipinski definition) is 4. The molecule has 7 nitrogen and oxygen atoms in total. The van der Waals surface area contributed by atoms with Crippen LogP contribution in [-0.4, -0.2) is 35.8 Å². The van der Waals surface area contributed by atoms with E-state index in [0.717, 1.165) is 29.3 Å². The molecule has 3 aliphatic rings. The van der Waals surface area contributed by atoms with E-state index in [1.807, 2.05) is 0 Å². The molecule has 0 radical (unpaired) electrons. The summed E-state index contributed by atoms with van der Waals surface area (Å²) in [5.74, 6) is 0.309. The number of halogens is 1. The summed E-state index contributed by atoms with van der Waals surface area (Å²) in [7, 11) is -3.45. The summed E-state index contributed by atoms with van der Waals surface area (Å²) in [5.41, 5.74) is 0.574. The molecule has 0 bridgehead atoms. The molecule has 25 heavy (non-hydrogen) atoms. The van der Waals surface area contributed by atoms with Crippen LogP contribution < -0.4 is 9.44 Å². The molecule has 4 atom stereocenters. The first-order valence-electron chi connectivity index (χ1n) is 8.50. The number of hydrogen-bond acceptors (Lipinski definition) is 4. The van der Waals surface area contributed by atoms with Crippen LogP contribution >= 0.6 is 11.6 Å². The molecule has 0 saturated heterocycles. The van der Waals surface area contributed by atoms with Crippen LogP contribution in [0.25, 0.3) is 10.9 Å². The second-order valence-electron chi connectivity index (χ2n) is 7.59. The Morgan fingerprint density at radius 2 is 1.96 bits per heavy atom. The molecule has 0 aliphatic heterocycles. The molecule has 4 N–H and O–H groups in total. The zero-order chi connectivity index (χ0) is 17.4. The summed E-state index contributed by atoms with van der Waals surface area (Å²) in [4.78, 5) is 0. The van der Waals surface area contributed by atoms with E-state index in [-0.39, 0.29) is 23.9 Å². The number of fused-ring (bicyclic) bond motifs is 2. The molecule has 3 fully saturated rings. The third-order valence-electron chi connectivity index (χ3n) is 5.69. The molecular weight excluding hydrogens is 364 g/mol. The van der Waals surface area contributed by atoms with E-state index >= 15 is 0 Å². The Morgan fingerprint density at radius 1 is 1.24 bits per heavy atom. The van der Waals surface area contributed by atoms with Gasteiger partial charge in [0.2, 0.25) is 0 Å². The van der Waals surface area contributed by atoms with Gasteiger partial charge in [-0.3, -0.25) is 5.10 Å². The lowest BCUT2D eigenvalue weighted by atomic mass is 9.86. The van der Waals surface area contributed by atoms with Gasteiger partial charge in [-0.1, -0.05) is 11.6 Å². The van der Waals surface area contributed by atoms with Crippen molar-refractivity contribution in [3.63, 3.8) is 0 Å². The van der Waals surface area contributed by atoms with Crippen LogP contribution in [0.2, 0.25) is 5.02 Å². The fraction of sp³-hybridized carbons (Fsp3) is 0.562.